The van der Waals surface area contributed by atoms with Crippen LogP contribution in [0.15, 0.2) is 60.7 Å². The third kappa shape index (κ3) is 4.88. The zero-order valence-corrected chi connectivity index (χ0v) is 18.7. The van der Waals surface area contributed by atoms with Crippen molar-refractivity contribution < 1.29 is 19.0 Å². The van der Waals surface area contributed by atoms with Crippen LogP contribution in [-0.2, 0) is 37.2 Å². The molecule has 1 aliphatic rings. The lowest BCUT2D eigenvalue weighted by Gasteiger charge is -2.25. The Morgan fingerprint density at radius 2 is 1.66 bits per heavy atom. The highest BCUT2D eigenvalue weighted by molar-refractivity contribution is 5.54. The van der Waals surface area contributed by atoms with E-state index >= 15 is 0 Å². The molecule has 1 aliphatic heterocycles. The van der Waals surface area contributed by atoms with Gasteiger partial charge in [0.15, 0.2) is 11.5 Å². The summed E-state index contributed by atoms with van der Waals surface area (Å²) in [5.74, 6) is 2.26. The van der Waals surface area contributed by atoms with Crippen molar-refractivity contribution in [1.82, 2.24) is 4.90 Å². The van der Waals surface area contributed by atoms with E-state index in [2.05, 4.69) is 30.3 Å². The van der Waals surface area contributed by atoms with Gasteiger partial charge >= 0.3 is 0 Å². The molecule has 0 saturated heterocycles. The van der Waals surface area contributed by atoms with Crippen LogP contribution in [0.4, 0.5) is 0 Å². The van der Waals surface area contributed by atoms with Crippen molar-refractivity contribution in [3.8, 4) is 17.2 Å². The molecular formula is C27H29NO4. The second-order valence-corrected chi connectivity index (χ2v) is 7.97. The van der Waals surface area contributed by atoms with E-state index in [4.69, 9.17) is 14.2 Å². The fourth-order valence-electron chi connectivity index (χ4n) is 4.25. The summed E-state index contributed by atoms with van der Waals surface area (Å²) in [7, 11) is 3.28. The first kappa shape index (κ1) is 21.8. The van der Waals surface area contributed by atoms with Crippen LogP contribution in [0.3, 0.4) is 0 Å². The summed E-state index contributed by atoms with van der Waals surface area (Å²) in [5.41, 5.74) is 5.84. The minimum absolute atomic E-state index is 0.499. The minimum Gasteiger partial charge on any atom is -0.493 e. The zero-order chi connectivity index (χ0) is 22.3. The molecule has 1 amide bonds. The van der Waals surface area contributed by atoms with Crippen LogP contribution < -0.4 is 14.2 Å². The highest BCUT2D eigenvalue weighted by atomic mass is 16.5. The molecule has 0 aromatic heterocycles. The van der Waals surface area contributed by atoms with E-state index in [9.17, 15) is 4.79 Å². The van der Waals surface area contributed by atoms with Crippen molar-refractivity contribution in [3.63, 3.8) is 0 Å². The molecule has 4 rings (SSSR count). The Labute approximate surface area is 189 Å². The molecule has 1 heterocycles. The average molecular weight is 432 g/mol. The molecular weight excluding hydrogens is 402 g/mol. The van der Waals surface area contributed by atoms with Gasteiger partial charge in [0.25, 0.3) is 0 Å². The van der Waals surface area contributed by atoms with E-state index < -0.39 is 0 Å². The predicted octanol–water partition coefficient (Wildman–Crippen LogP) is 4.58. The smallest absolute Gasteiger partial charge is 0.210 e. The highest BCUT2D eigenvalue weighted by Crippen LogP contribution is 2.35. The molecule has 0 N–H and O–H groups in total. The number of benzene rings is 3. The molecule has 5 heteroatoms. The first-order valence-corrected chi connectivity index (χ1v) is 10.9. The Bertz CT molecular complexity index is 1060. The maximum Gasteiger partial charge on any atom is 0.210 e. The van der Waals surface area contributed by atoms with E-state index in [1.54, 1.807) is 19.1 Å². The van der Waals surface area contributed by atoms with Gasteiger partial charge < -0.3 is 19.1 Å². The molecule has 0 radical (unpaired) electrons. The molecule has 0 unspecified atom stereocenters. The van der Waals surface area contributed by atoms with Crippen molar-refractivity contribution in [2.75, 3.05) is 20.8 Å². The molecule has 3 aromatic carbocycles. The van der Waals surface area contributed by atoms with Crippen LogP contribution >= 0.6 is 0 Å². The average Bonchev–Trinajstić information content (AvgIpc) is 2.85. The van der Waals surface area contributed by atoms with Gasteiger partial charge in [0.2, 0.25) is 6.41 Å². The first-order valence-electron chi connectivity index (χ1n) is 10.9. The number of hydrogen-bond donors (Lipinski definition) is 0. The lowest BCUT2D eigenvalue weighted by Crippen LogP contribution is -2.26. The van der Waals surface area contributed by atoms with Crippen LogP contribution in [0.2, 0.25) is 0 Å². The number of methoxy groups -OCH3 is 2. The number of amides is 1. The monoisotopic (exact) mass is 431 g/mol. The molecule has 0 aliphatic carbocycles. The largest absolute Gasteiger partial charge is 0.493 e. The topological polar surface area (TPSA) is 48.0 Å². The standard InChI is InChI=1S/C27H29NO4/c1-30-26-13-11-22-9-8-21-10-12-24(32-18-20-6-4-3-5-7-20)16-23(21)14-15-28(19-29)17-25(22)27(26)31-2/h3-7,10-13,16,19H,8-9,14-15,17-18H2,1-2H3. The number of carbonyl (C=O) groups is 1. The Kier molecular flexibility index (Phi) is 6.95. The van der Waals surface area contributed by atoms with Gasteiger partial charge in [-0.1, -0.05) is 42.5 Å². The van der Waals surface area contributed by atoms with Crippen molar-refractivity contribution >= 4 is 6.41 Å². The minimum atomic E-state index is 0.499. The van der Waals surface area contributed by atoms with Gasteiger partial charge in [0.1, 0.15) is 12.4 Å². The zero-order valence-electron chi connectivity index (χ0n) is 18.7. The molecule has 3 aromatic rings. The highest BCUT2D eigenvalue weighted by Gasteiger charge is 2.19. The molecule has 32 heavy (non-hydrogen) atoms. The fraction of sp³-hybridized carbons (Fsp3) is 0.296. The summed E-state index contributed by atoms with van der Waals surface area (Å²) in [6, 6.07) is 20.5. The van der Waals surface area contributed by atoms with Gasteiger partial charge in [-0.05, 0) is 59.7 Å². The Morgan fingerprint density at radius 1 is 0.875 bits per heavy atom. The normalized spacial score (nSPS) is 13.5. The van der Waals surface area contributed by atoms with Gasteiger partial charge in [0, 0.05) is 18.7 Å². The number of aryl methyl sites for hydroxylation is 2. The Balaban J connectivity index is 1.60. The summed E-state index contributed by atoms with van der Waals surface area (Å²) in [5, 5.41) is 0. The second-order valence-electron chi connectivity index (χ2n) is 7.97. The summed E-state index contributed by atoms with van der Waals surface area (Å²) in [6.07, 6.45) is 3.47. The summed E-state index contributed by atoms with van der Waals surface area (Å²) in [6.45, 7) is 1.66. The Morgan fingerprint density at radius 3 is 2.41 bits per heavy atom. The maximum absolute atomic E-state index is 11.9. The molecule has 166 valence electrons. The predicted molar refractivity (Wildman–Crippen MR) is 124 cm³/mol. The van der Waals surface area contributed by atoms with E-state index in [-0.39, 0.29) is 0 Å². The van der Waals surface area contributed by atoms with Gasteiger partial charge in [-0.3, -0.25) is 4.79 Å². The van der Waals surface area contributed by atoms with Crippen LogP contribution in [0.25, 0.3) is 0 Å². The second kappa shape index (κ2) is 10.2. The van der Waals surface area contributed by atoms with Crippen LogP contribution in [0, 0.1) is 0 Å². The molecule has 0 fully saturated rings. The quantitative estimate of drug-likeness (QED) is 0.536. The van der Waals surface area contributed by atoms with E-state index in [1.807, 2.05) is 30.3 Å². The third-order valence-corrected chi connectivity index (χ3v) is 6.01. The van der Waals surface area contributed by atoms with Crippen molar-refractivity contribution in [1.29, 1.82) is 0 Å². The third-order valence-electron chi connectivity index (χ3n) is 6.01. The number of hydrogen-bond acceptors (Lipinski definition) is 4. The number of carbonyl (C=O) groups excluding carboxylic acids is 1. The first-order chi connectivity index (χ1) is 15.7. The lowest BCUT2D eigenvalue weighted by atomic mass is 9.93. The van der Waals surface area contributed by atoms with Gasteiger partial charge in [-0.25, -0.2) is 0 Å². The van der Waals surface area contributed by atoms with Crippen LogP contribution in [0.5, 0.6) is 17.2 Å². The number of fused-ring (bicyclic) bond motifs is 2. The number of ether oxygens (including phenoxy) is 3. The van der Waals surface area contributed by atoms with Gasteiger partial charge in [0.05, 0.1) is 14.2 Å². The maximum atomic E-state index is 11.9. The molecule has 0 spiro atoms. The summed E-state index contributed by atoms with van der Waals surface area (Å²) < 4.78 is 17.2. The van der Waals surface area contributed by atoms with Gasteiger partial charge in [-0.2, -0.15) is 0 Å². The van der Waals surface area contributed by atoms with Crippen molar-refractivity contribution in [2.45, 2.75) is 32.4 Å². The van der Waals surface area contributed by atoms with E-state index in [0.29, 0.717) is 31.2 Å². The molecule has 0 bridgehead atoms. The Hall–Kier alpha value is -3.47. The van der Waals surface area contributed by atoms with Crippen molar-refractivity contribution in [2.24, 2.45) is 0 Å². The van der Waals surface area contributed by atoms with Gasteiger partial charge in [-0.15, -0.1) is 0 Å². The fourth-order valence-corrected chi connectivity index (χ4v) is 4.25. The molecule has 5 nitrogen and oxygen atoms in total. The SMILES string of the molecule is COc1ccc2c(c1OC)CN(C=O)CCc1cc(OCc3ccccc3)ccc1CC2. The van der Waals surface area contributed by atoms with Crippen molar-refractivity contribution in [3.05, 3.63) is 88.5 Å². The summed E-state index contributed by atoms with van der Waals surface area (Å²) >= 11 is 0. The molecule has 0 saturated carbocycles. The van der Waals surface area contributed by atoms with Crippen LogP contribution in [-0.4, -0.2) is 32.1 Å². The number of nitrogens with zero attached hydrogens (tertiary/aromatic N) is 1. The number of rotatable bonds is 6. The van der Waals surface area contributed by atoms with E-state index in [0.717, 1.165) is 42.5 Å². The van der Waals surface area contributed by atoms with Crippen LogP contribution in [0.1, 0.15) is 27.8 Å². The summed E-state index contributed by atoms with van der Waals surface area (Å²) in [4.78, 5) is 13.7. The lowest BCUT2D eigenvalue weighted by molar-refractivity contribution is -0.118. The molecule has 0 atom stereocenters. The van der Waals surface area contributed by atoms with E-state index in [1.165, 1.54) is 16.7 Å².